The van der Waals surface area contributed by atoms with Crippen LogP contribution in [0, 0.1) is 6.92 Å². The van der Waals surface area contributed by atoms with Crippen molar-refractivity contribution in [3.63, 3.8) is 0 Å². The summed E-state index contributed by atoms with van der Waals surface area (Å²) in [6.07, 6.45) is 2.16. The van der Waals surface area contributed by atoms with E-state index in [2.05, 4.69) is 24.3 Å². The average Bonchev–Trinajstić information content (AvgIpc) is 2.77. The number of Topliss-reactive ketones (excluding diaryl/α,β-unsaturated/α-hetero) is 1. The number of hydrogen-bond donors (Lipinski definition) is 0. The Labute approximate surface area is 118 Å². The van der Waals surface area contributed by atoms with E-state index >= 15 is 0 Å². The molecule has 0 atom stereocenters. The minimum absolute atomic E-state index is 0.211. The highest BCUT2D eigenvalue weighted by molar-refractivity contribution is 6.00. The van der Waals surface area contributed by atoms with Crippen LogP contribution in [0.1, 0.15) is 33.5 Å². The molecular formula is C18H16O2. The lowest BCUT2D eigenvalue weighted by Crippen LogP contribution is -2.42. The van der Waals surface area contributed by atoms with Gasteiger partial charge in [-0.3, -0.25) is 4.79 Å². The summed E-state index contributed by atoms with van der Waals surface area (Å²) in [4.78, 5) is 12.5. The van der Waals surface area contributed by atoms with Crippen LogP contribution in [0.4, 0.5) is 0 Å². The zero-order chi connectivity index (χ0) is 13.7. The number of rotatable bonds is 0. The summed E-state index contributed by atoms with van der Waals surface area (Å²) in [5.41, 5.74) is 4.12. The Bertz CT molecular complexity index is 690. The van der Waals surface area contributed by atoms with Crippen LogP contribution in [0.5, 0.6) is 5.75 Å². The van der Waals surface area contributed by atoms with E-state index < -0.39 is 0 Å². The number of hydrogen-bond acceptors (Lipinski definition) is 2. The summed E-state index contributed by atoms with van der Waals surface area (Å²) >= 11 is 0. The van der Waals surface area contributed by atoms with Gasteiger partial charge in [-0.25, -0.2) is 0 Å². The van der Waals surface area contributed by atoms with Crippen molar-refractivity contribution in [1.82, 2.24) is 0 Å². The molecule has 0 fully saturated rings. The highest BCUT2D eigenvalue weighted by Gasteiger charge is 2.44. The minimum Gasteiger partial charge on any atom is -0.485 e. The standard InChI is InChI=1S/C18H16O2/c1-12-6-7-17-15(8-12)16(19)11-18(20-17)9-13-4-2-3-5-14(13)10-18/h2-8H,9-11H2,1H3. The van der Waals surface area contributed by atoms with E-state index in [9.17, 15) is 4.79 Å². The van der Waals surface area contributed by atoms with Crippen LogP contribution in [-0.4, -0.2) is 11.4 Å². The molecule has 1 aliphatic heterocycles. The van der Waals surface area contributed by atoms with E-state index in [1.165, 1.54) is 11.1 Å². The van der Waals surface area contributed by atoms with Crippen molar-refractivity contribution in [2.24, 2.45) is 0 Å². The Balaban J connectivity index is 1.75. The molecule has 0 aromatic heterocycles. The Hall–Kier alpha value is -2.09. The lowest BCUT2D eigenvalue weighted by Gasteiger charge is -2.34. The maximum absolute atomic E-state index is 12.5. The fourth-order valence-electron chi connectivity index (χ4n) is 3.46. The van der Waals surface area contributed by atoms with E-state index in [-0.39, 0.29) is 11.4 Å². The molecule has 2 heteroatoms. The van der Waals surface area contributed by atoms with Crippen LogP contribution in [0.3, 0.4) is 0 Å². The lowest BCUT2D eigenvalue weighted by atomic mass is 9.87. The summed E-state index contributed by atoms with van der Waals surface area (Å²) < 4.78 is 6.27. The summed E-state index contributed by atoms with van der Waals surface area (Å²) in [7, 11) is 0. The molecule has 2 aliphatic rings. The van der Waals surface area contributed by atoms with Crippen LogP contribution in [0.15, 0.2) is 42.5 Å². The van der Waals surface area contributed by atoms with Crippen molar-refractivity contribution in [1.29, 1.82) is 0 Å². The first-order valence-electron chi connectivity index (χ1n) is 7.05. The van der Waals surface area contributed by atoms with Crippen molar-refractivity contribution in [3.8, 4) is 5.75 Å². The number of benzene rings is 2. The van der Waals surface area contributed by atoms with Gasteiger partial charge in [-0.2, -0.15) is 0 Å². The molecule has 20 heavy (non-hydrogen) atoms. The predicted octanol–water partition coefficient (Wildman–Crippen LogP) is 3.50. The van der Waals surface area contributed by atoms with Crippen molar-refractivity contribution in [2.45, 2.75) is 31.8 Å². The zero-order valence-electron chi connectivity index (χ0n) is 11.5. The Morgan fingerprint density at radius 3 is 2.40 bits per heavy atom. The van der Waals surface area contributed by atoms with E-state index in [0.717, 1.165) is 29.7 Å². The van der Waals surface area contributed by atoms with Gasteiger partial charge in [0.05, 0.1) is 12.0 Å². The predicted molar refractivity (Wildman–Crippen MR) is 77.3 cm³/mol. The molecule has 0 amide bonds. The summed E-state index contributed by atoms with van der Waals surface area (Å²) in [5, 5.41) is 0. The molecule has 0 unspecified atom stereocenters. The SMILES string of the molecule is Cc1ccc2c(c1)C(=O)CC1(Cc3ccccc3C1)O2. The van der Waals surface area contributed by atoms with Crippen LogP contribution in [0.25, 0.3) is 0 Å². The molecule has 2 nitrogen and oxygen atoms in total. The average molecular weight is 264 g/mol. The second-order valence-corrected chi connectivity index (χ2v) is 6.01. The topological polar surface area (TPSA) is 26.3 Å². The van der Waals surface area contributed by atoms with Gasteiger partial charge < -0.3 is 4.74 Å². The van der Waals surface area contributed by atoms with Gasteiger partial charge >= 0.3 is 0 Å². The number of carbonyl (C=O) groups is 1. The number of fused-ring (bicyclic) bond motifs is 2. The van der Waals surface area contributed by atoms with Crippen LogP contribution in [-0.2, 0) is 12.8 Å². The van der Waals surface area contributed by atoms with Crippen molar-refractivity contribution in [2.75, 3.05) is 0 Å². The lowest BCUT2D eigenvalue weighted by molar-refractivity contribution is 0.0472. The monoisotopic (exact) mass is 264 g/mol. The number of ketones is 1. The molecule has 0 bridgehead atoms. The molecular weight excluding hydrogens is 248 g/mol. The van der Waals surface area contributed by atoms with E-state index in [0.29, 0.717) is 6.42 Å². The fraction of sp³-hybridized carbons (Fsp3) is 0.278. The van der Waals surface area contributed by atoms with Crippen LogP contribution >= 0.6 is 0 Å². The summed E-state index contributed by atoms with van der Waals surface area (Å²) in [6, 6.07) is 14.3. The number of aryl methyl sites for hydroxylation is 1. The van der Waals surface area contributed by atoms with Gasteiger partial charge in [0.2, 0.25) is 0 Å². The van der Waals surface area contributed by atoms with E-state index in [4.69, 9.17) is 4.74 Å². The van der Waals surface area contributed by atoms with Gasteiger partial charge in [-0.05, 0) is 30.2 Å². The maximum atomic E-state index is 12.5. The summed E-state index contributed by atoms with van der Waals surface area (Å²) in [5.74, 6) is 0.961. The Kier molecular flexibility index (Phi) is 2.31. The van der Waals surface area contributed by atoms with Gasteiger partial charge in [-0.15, -0.1) is 0 Å². The second kappa shape index (κ2) is 3.95. The van der Waals surface area contributed by atoms with Gasteiger partial charge in [0.25, 0.3) is 0 Å². The molecule has 2 aromatic carbocycles. The first-order valence-corrected chi connectivity index (χ1v) is 7.05. The molecule has 0 saturated carbocycles. The highest BCUT2D eigenvalue weighted by Crippen LogP contribution is 2.42. The Morgan fingerprint density at radius 2 is 1.70 bits per heavy atom. The number of ether oxygens (including phenoxy) is 1. The molecule has 0 saturated heterocycles. The molecule has 1 aliphatic carbocycles. The van der Waals surface area contributed by atoms with Crippen molar-refractivity contribution in [3.05, 3.63) is 64.7 Å². The normalized spacial score (nSPS) is 18.6. The van der Waals surface area contributed by atoms with Gasteiger partial charge in [-0.1, -0.05) is 35.9 Å². The molecule has 0 N–H and O–H groups in total. The second-order valence-electron chi connectivity index (χ2n) is 6.01. The molecule has 2 aromatic rings. The third-order valence-corrected chi connectivity index (χ3v) is 4.39. The third kappa shape index (κ3) is 1.68. The van der Waals surface area contributed by atoms with Crippen LogP contribution < -0.4 is 4.74 Å². The largest absolute Gasteiger partial charge is 0.485 e. The van der Waals surface area contributed by atoms with Gasteiger partial charge in [0.15, 0.2) is 5.78 Å². The maximum Gasteiger partial charge on any atom is 0.170 e. The highest BCUT2D eigenvalue weighted by atomic mass is 16.5. The van der Waals surface area contributed by atoms with E-state index in [1.54, 1.807) is 0 Å². The fourth-order valence-corrected chi connectivity index (χ4v) is 3.46. The van der Waals surface area contributed by atoms with E-state index in [1.807, 2.05) is 25.1 Å². The molecule has 1 heterocycles. The smallest absolute Gasteiger partial charge is 0.170 e. The molecule has 4 rings (SSSR count). The summed E-state index contributed by atoms with van der Waals surface area (Å²) in [6.45, 7) is 2.00. The molecule has 0 radical (unpaired) electrons. The molecule has 100 valence electrons. The molecule has 1 spiro atoms. The number of carbonyl (C=O) groups excluding carboxylic acids is 1. The Morgan fingerprint density at radius 1 is 1.00 bits per heavy atom. The first-order chi connectivity index (χ1) is 9.65. The zero-order valence-corrected chi connectivity index (χ0v) is 11.5. The van der Waals surface area contributed by atoms with Gasteiger partial charge in [0, 0.05) is 12.8 Å². The van der Waals surface area contributed by atoms with Gasteiger partial charge in [0.1, 0.15) is 11.4 Å². The third-order valence-electron chi connectivity index (χ3n) is 4.39. The van der Waals surface area contributed by atoms with Crippen molar-refractivity contribution < 1.29 is 9.53 Å². The minimum atomic E-state index is -0.358. The van der Waals surface area contributed by atoms with Crippen molar-refractivity contribution >= 4 is 5.78 Å². The quantitative estimate of drug-likeness (QED) is 0.728. The van der Waals surface area contributed by atoms with Crippen LogP contribution in [0.2, 0.25) is 0 Å². The first kappa shape index (κ1) is 11.7.